The Balaban J connectivity index is 3.72. The quantitative estimate of drug-likeness (QED) is 0.444. The maximum absolute atomic E-state index is 10.7. The summed E-state index contributed by atoms with van der Waals surface area (Å²) in [5, 5.41) is 31.9. The van der Waals surface area contributed by atoms with E-state index < -0.39 is 47.8 Å². The minimum Gasteiger partial charge on any atom is -0.269 e. The molecule has 108 valence electrons. The van der Waals surface area contributed by atoms with Crippen LogP contribution in [0.5, 0.6) is 0 Å². The Bertz CT molecular complexity index is 676. The molecule has 0 aliphatic heterocycles. The van der Waals surface area contributed by atoms with E-state index in [-0.39, 0.29) is 0 Å². The first-order chi connectivity index (χ1) is 9.03. The Hall–Kier alpha value is -2.87. The Morgan fingerprint density at radius 3 is 1.60 bits per heavy atom. The Morgan fingerprint density at radius 2 is 1.35 bits per heavy atom. The Kier molecular flexibility index (Phi) is 3.81. The predicted molar refractivity (Wildman–Crippen MR) is 61.6 cm³/mol. The molecule has 0 aromatic heterocycles. The molecular formula is C6H4N4O9S. The lowest BCUT2D eigenvalue weighted by Crippen LogP contribution is -2.13. The van der Waals surface area contributed by atoms with Crippen molar-refractivity contribution in [3.63, 3.8) is 0 Å². The summed E-state index contributed by atoms with van der Waals surface area (Å²) in [5.41, 5.74) is -4.66. The second-order valence-electron chi connectivity index (χ2n) is 3.21. The van der Waals surface area contributed by atoms with Gasteiger partial charge in [-0.3, -0.25) is 34.9 Å². The number of nitro benzene ring substituents is 3. The lowest BCUT2D eigenvalue weighted by molar-refractivity contribution is -0.401. The van der Waals surface area contributed by atoms with E-state index in [0.29, 0.717) is 12.1 Å². The summed E-state index contributed by atoms with van der Waals surface area (Å²) in [6.45, 7) is 0. The van der Waals surface area contributed by atoms with E-state index in [4.69, 9.17) is 4.55 Å². The number of rotatable bonds is 5. The minimum absolute atomic E-state index is 0.320. The van der Waals surface area contributed by atoms with Gasteiger partial charge in [-0.05, 0) is 0 Å². The van der Waals surface area contributed by atoms with Crippen LogP contribution < -0.4 is 4.72 Å². The van der Waals surface area contributed by atoms with Gasteiger partial charge in [0.2, 0.25) is 5.69 Å². The van der Waals surface area contributed by atoms with Crippen molar-refractivity contribution in [2.75, 3.05) is 4.72 Å². The normalized spacial score (nSPS) is 10.8. The first kappa shape index (κ1) is 15.2. The zero-order chi connectivity index (χ0) is 15.7. The smallest absolute Gasteiger partial charge is 0.269 e. The van der Waals surface area contributed by atoms with Gasteiger partial charge < -0.3 is 0 Å². The third kappa shape index (κ3) is 3.33. The van der Waals surface area contributed by atoms with Crippen molar-refractivity contribution in [2.24, 2.45) is 0 Å². The number of anilines is 1. The van der Waals surface area contributed by atoms with Crippen LogP contribution in [0.2, 0.25) is 0 Å². The van der Waals surface area contributed by atoms with Crippen LogP contribution in [0.25, 0.3) is 0 Å². The van der Waals surface area contributed by atoms with E-state index in [1.807, 2.05) is 0 Å². The summed E-state index contributed by atoms with van der Waals surface area (Å²) in [6, 6.07) is 0.640. The fraction of sp³-hybridized carbons (Fsp3) is 0. The summed E-state index contributed by atoms with van der Waals surface area (Å²) in [5.74, 6) is 0. The number of hydrogen-bond donors (Lipinski definition) is 2. The van der Waals surface area contributed by atoms with E-state index in [2.05, 4.69) is 0 Å². The van der Waals surface area contributed by atoms with Gasteiger partial charge in [-0.2, -0.15) is 8.42 Å². The molecule has 0 fully saturated rings. The average Bonchev–Trinajstić information content (AvgIpc) is 2.25. The zero-order valence-electron chi connectivity index (χ0n) is 9.12. The van der Waals surface area contributed by atoms with Crippen molar-refractivity contribution >= 4 is 33.1 Å². The van der Waals surface area contributed by atoms with Crippen molar-refractivity contribution in [1.82, 2.24) is 0 Å². The van der Waals surface area contributed by atoms with Gasteiger partial charge in [-0.1, -0.05) is 0 Å². The number of hydrogen-bond acceptors (Lipinski definition) is 8. The highest BCUT2D eigenvalue weighted by Crippen LogP contribution is 2.38. The maximum Gasteiger partial charge on any atom is 0.357 e. The lowest BCUT2D eigenvalue weighted by atomic mass is 10.2. The number of non-ortho nitro benzene ring substituents is 1. The SMILES string of the molecule is O=[N+]([O-])c1cc([N+](=O)[O-])c(NS(=O)(=O)O)c([N+](=O)[O-])c1. The molecule has 0 amide bonds. The number of benzene rings is 1. The molecule has 0 spiro atoms. The molecule has 14 heteroatoms. The van der Waals surface area contributed by atoms with Gasteiger partial charge in [0.25, 0.3) is 5.69 Å². The molecule has 1 rings (SSSR count). The average molecular weight is 308 g/mol. The van der Waals surface area contributed by atoms with Gasteiger partial charge >= 0.3 is 21.7 Å². The molecule has 0 aliphatic rings. The molecule has 0 saturated carbocycles. The van der Waals surface area contributed by atoms with E-state index in [0.717, 1.165) is 0 Å². The van der Waals surface area contributed by atoms with Gasteiger partial charge in [0, 0.05) is 0 Å². The maximum atomic E-state index is 10.7. The number of nitro groups is 3. The topological polar surface area (TPSA) is 196 Å². The van der Waals surface area contributed by atoms with Crippen molar-refractivity contribution in [3.05, 3.63) is 42.5 Å². The molecule has 0 radical (unpaired) electrons. The molecule has 0 atom stereocenters. The van der Waals surface area contributed by atoms with Crippen LogP contribution in [-0.4, -0.2) is 27.7 Å². The van der Waals surface area contributed by atoms with Crippen LogP contribution in [0, 0.1) is 30.3 Å². The highest BCUT2D eigenvalue weighted by Gasteiger charge is 2.32. The van der Waals surface area contributed by atoms with Crippen LogP contribution in [0.15, 0.2) is 12.1 Å². The first-order valence-corrected chi connectivity index (χ1v) is 5.83. The highest BCUT2D eigenvalue weighted by molar-refractivity contribution is 7.87. The fourth-order valence-corrected chi connectivity index (χ4v) is 1.69. The van der Waals surface area contributed by atoms with Crippen molar-refractivity contribution in [3.8, 4) is 0 Å². The van der Waals surface area contributed by atoms with E-state index >= 15 is 0 Å². The monoisotopic (exact) mass is 308 g/mol. The predicted octanol–water partition coefficient (Wildman–Crippen LogP) is 0.626. The van der Waals surface area contributed by atoms with Crippen molar-refractivity contribution in [2.45, 2.75) is 0 Å². The third-order valence-corrected chi connectivity index (χ3v) is 2.38. The molecule has 1 aromatic carbocycles. The van der Waals surface area contributed by atoms with E-state index in [1.54, 1.807) is 0 Å². The van der Waals surface area contributed by atoms with Gasteiger partial charge in [-0.25, -0.2) is 4.72 Å². The molecule has 0 unspecified atom stereocenters. The molecule has 0 bridgehead atoms. The fourth-order valence-electron chi connectivity index (χ4n) is 1.22. The summed E-state index contributed by atoms with van der Waals surface area (Å²) in [6.07, 6.45) is 0. The molecule has 2 N–H and O–H groups in total. The second-order valence-corrected chi connectivity index (χ2v) is 4.36. The van der Waals surface area contributed by atoms with Crippen molar-refractivity contribution in [1.29, 1.82) is 0 Å². The van der Waals surface area contributed by atoms with Crippen LogP contribution in [0.1, 0.15) is 0 Å². The van der Waals surface area contributed by atoms with Crippen LogP contribution in [-0.2, 0) is 10.3 Å². The lowest BCUT2D eigenvalue weighted by Gasteiger charge is -2.04. The third-order valence-electron chi connectivity index (χ3n) is 1.92. The molecule has 0 aliphatic carbocycles. The molecule has 0 saturated heterocycles. The number of nitrogens with one attached hydrogen (secondary N) is 1. The summed E-state index contributed by atoms with van der Waals surface area (Å²) < 4.78 is 31.0. The van der Waals surface area contributed by atoms with E-state index in [1.165, 1.54) is 4.72 Å². The van der Waals surface area contributed by atoms with Crippen LogP contribution in [0.3, 0.4) is 0 Å². The summed E-state index contributed by atoms with van der Waals surface area (Å²) in [7, 11) is -5.05. The standard InChI is InChI=1S/C6H4N4O9S/c11-8(12)3-1-4(9(13)14)6(7-20(17,18)19)5(2-3)10(15)16/h1-2,7H,(H,17,18,19). The summed E-state index contributed by atoms with van der Waals surface area (Å²) >= 11 is 0. The largest absolute Gasteiger partial charge is 0.357 e. The molecular weight excluding hydrogens is 304 g/mol. The Morgan fingerprint density at radius 1 is 0.950 bits per heavy atom. The van der Waals surface area contributed by atoms with Crippen LogP contribution in [0.4, 0.5) is 22.7 Å². The van der Waals surface area contributed by atoms with Crippen molar-refractivity contribution < 1.29 is 27.7 Å². The van der Waals surface area contributed by atoms with Gasteiger partial charge in [-0.15, -0.1) is 0 Å². The second kappa shape index (κ2) is 5.02. The zero-order valence-corrected chi connectivity index (χ0v) is 9.93. The highest BCUT2D eigenvalue weighted by atomic mass is 32.2. The van der Waals surface area contributed by atoms with Gasteiger partial charge in [0.05, 0.1) is 26.9 Å². The minimum atomic E-state index is -5.05. The number of nitrogens with zero attached hydrogens (tertiary/aromatic N) is 3. The molecule has 1 aromatic rings. The van der Waals surface area contributed by atoms with E-state index in [9.17, 15) is 38.8 Å². The van der Waals surface area contributed by atoms with Gasteiger partial charge in [0.1, 0.15) is 0 Å². The Labute approximate surface area is 109 Å². The molecule has 13 nitrogen and oxygen atoms in total. The first-order valence-electron chi connectivity index (χ1n) is 4.39. The molecule has 0 heterocycles. The molecule has 20 heavy (non-hydrogen) atoms. The van der Waals surface area contributed by atoms with Crippen LogP contribution >= 0.6 is 0 Å². The van der Waals surface area contributed by atoms with Gasteiger partial charge in [0.15, 0.2) is 0 Å². The summed E-state index contributed by atoms with van der Waals surface area (Å²) in [4.78, 5) is 28.3.